The monoisotopic (exact) mass is 503 g/mol. The third-order valence-corrected chi connectivity index (χ3v) is 6.29. The van der Waals surface area contributed by atoms with E-state index in [0.717, 1.165) is 27.7 Å². The van der Waals surface area contributed by atoms with E-state index < -0.39 is 5.91 Å². The minimum atomic E-state index is -0.478. The quantitative estimate of drug-likeness (QED) is 0.213. The third-order valence-electron chi connectivity index (χ3n) is 5.70. The van der Waals surface area contributed by atoms with E-state index in [1.54, 1.807) is 36.4 Å². The van der Waals surface area contributed by atoms with Crippen LogP contribution in [0.5, 0.6) is 5.75 Å². The fourth-order valence-electron chi connectivity index (χ4n) is 3.96. The third kappa shape index (κ3) is 5.35. The van der Waals surface area contributed by atoms with Gasteiger partial charge in [-0.2, -0.15) is 5.26 Å². The number of para-hydroxylation sites is 1. The largest absolute Gasteiger partial charge is 0.494 e. The van der Waals surface area contributed by atoms with Crippen LogP contribution in [0.4, 0.5) is 5.69 Å². The predicted octanol–water partition coefficient (Wildman–Crippen LogP) is 7.25. The average Bonchev–Trinajstić information content (AvgIpc) is 3.11. The highest BCUT2D eigenvalue weighted by molar-refractivity contribution is 6.35. The maximum absolute atomic E-state index is 12.9. The van der Waals surface area contributed by atoms with E-state index in [1.165, 1.54) is 0 Å². The van der Waals surface area contributed by atoms with Gasteiger partial charge >= 0.3 is 0 Å². The summed E-state index contributed by atoms with van der Waals surface area (Å²) in [4.78, 5) is 12.9. The van der Waals surface area contributed by atoms with Gasteiger partial charge in [0.1, 0.15) is 17.4 Å². The van der Waals surface area contributed by atoms with E-state index in [4.69, 9.17) is 27.9 Å². The van der Waals surface area contributed by atoms with E-state index in [9.17, 15) is 10.1 Å². The van der Waals surface area contributed by atoms with Crippen molar-refractivity contribution in [3.63, 3.8) is 0 Å². The van der Waals surface area contributed by atoms with Crippen molar-refractivity contribution in [1.29, 1.82) is 5.26 Å². The van der Waals surface area contributed by atoms with Crippen molar-refractivity contribution in [3.8, 4) is 11.8 Å². The number of amides is 1. The van der Waals surface area contributed by atoms with Crippen molar-refractivity contribution in [2.45, 2.75) is 20.4 Å². The summed E-state index contributed by atoms with van der Waals surface area (Å²) in [6, 6.07) is 22.4. The first-order valence-corrected chi connectivity index (χ1v) is 11.8. The Balaban J connectivity index is 1.69. The first-order chi connectivity index (χ1) is 16.9. The van der Waals surface area contributed by atoms with Crippen LogP contribution in [0.2, 0.25) is 10.0 Å². The smallest absolute Gasteiger partial charge is 0.266 e. The summed E-state index contributed by atoms with van der Waals surface area (Å²) >= 11 is 12.5. The molecular weight excluding hydrogens is 481 g/mol. The van der Waals surface area contributed by atoms with Crippen LogP contribution in [0.3, 0.4) is 0 Å². The van der Waals surface area contributed by atoms with E-state index in [-0.39, 0.29) is 5.57 Å². The number of nitrogens with one attached hydrogen (secondary N) is 1. The molecule has 4 aromatic rings. The molecule has 0 saturated carbocycles. The van der Waals surface area contributed by atoms with Crippen LogP contribution < -0.4 is 10.1 Å². The lowest BCUT2D eigenvalue weighted by Gasteiger charge is -2.11. The maximum Gasteiger partial charge on any atom is 0.266 e. The first-order valence-electron chi connectivity index (χ1n) is 11.1. The molecule has 0 saturated heterocycles. The summed E-state index contributed by atoms with van der Waals surface area (Å²) in [7, 11) is 0. The molecule has 176 valence electrons. The van der Waals surface area contributed by atoms with E-state index >= 15 is 0 Å². The molecule has 1 amide bonds. The van der Waals surface area contributed by atoms with Crippen LogP contribution >= 0.6 is 23.2 Å². The standard InChI is InChI=1S/C28H23Cl2N3O2/c1-3-35-23-12-10-22(11-13-23)32-28(34)20(16-31)14-25-18(2)33(27-7-5-4-6-24(25)27)17-19-8-9-21(29)15-26(19)30/h4-15H,3,17H2,1-2H3,(H,32,34)/b20-14+. The molecule has 1 aromatic heterocycles. The molecule has 35 heavy (non-hydrogen) atoms. The summed E-state index contributed by atoms with van der Waals surface area (Å²) in [6.45, 7) is 4.96. The van der Waals surface area contributed by atoms with Crippen LogP contribution in [-0.4, -0.2) is 17.1 Å². The lowest BCUT2D eigenvalue weighted by atomic mass is 10.1. The molecule has 3 aromatic carbocycles. The zero-order valence-electron chi connectivity index (χ0n) is 19.3. The Morgan fingerprint density at radius 2 is 1.86 bits per heavy atom. The number of hydrogen-bond acceptors (Lipinski definition) is 3. The molecule has 0 bridgehead atoms. The molecule has 7 heteroatoms. The van der Waals surface area contributed by atoms with Crippen LogP contribution in [0.25, 0.3) is 17.0 Å². The second kappa shape index (κ2) is 10.7. The number of ether oxygens (including phenoxy) is 1. The summed E-state index contributed by atoms with van der Waals surface area (Å²) < 4.78 is 7.55. The number of rotatable bonds is 7. The average molecular weight is 504 g/mol. The van der Waals surface area contributed by atoms with Gasteiger partial charge in [0.2, 0.25) is 0 Å². The number of benzene rings is 3. The summed E-state index contributed by atoms with van der Waals surface area (Å²) in [5, 5.41) is 14.7. The molecule has 4 rings (SSSR count). The molecule has 0 spiro atoms. The SMILES string of the molecule is CCOc1ccc(NC(=O)/C(C#N)=C/c2c(C)n(Cc3ccc(Cl)cc3Cl)c3ccccc23)cc1. The van der Waals surface area contributed by atoms with Crippen LogP contribution in [0.1, 0.15) is 23.7 Å². The van der Waals surface area contributed by atoms with Gasteiger partial charge in [0.25, 0.3) is 5.91 Å². The summed E-state index contributed by atoms with van der Waals surface area (Å²) in [5.74, 6) is 0.236. The fourth-order valence-corrected chi connectivity index (χ4v) is 4.42. The Morgan fingerprint density at radius 1 is 1.11 bits per heavy atom. The van der Waals surface area contributed by atoms with Gasteiger partial charge in [0.15, 0.2) is 0 Å². The van der Waals surface area contributed by atoms with Crippen molar-refractivity contribution in [1.82, 2.24) is 4.57 Å². The van der Waals surface area contributed by atoms with Crippen LogP contribution in [-0.2, 0) is 11.3 Å². The molecule has 0 unspecified atom stereocenters. The zero-order valence-corrected chi connectivity index (χ0v) is 20.8. The molecular formula is C28H23Cl2N3O2. The van der Waals surface area contributed by atoms with E-state index in [2.05, 4.69) is 9.88 Å². The van der Waals surface area contributed by atoms with Crippen molar-refractivity contribution >= 4 is 51.8 Å². The Kier molecular flexibility index (Phi) is 7.45. The minimum Gasteiger partial charge on any atom is -0.494 e. The first kappa shape index (κ1) is 24.4. The Morgan fingerprint density at radius 3 is 2.54 bits per heavy atom. The number of halogens is 2. The number of fused-ring (bicyclic) bond motifs is 1. The highest BCUT2D eigenvalue weighted by atomic mass is 35.5. The van der Waals surface area contributed by atoms with E-state index in [0.29, 0.717) is 34.6 Å². The van der Waals surface area contributed by atoms with Crippen molar-refractivity contribution in [2.24, 2.45) is 0 Å². The molecule has 0 atom stereocenters. The molecule has 5 nitrogen and oxygen atoms in total. The number of carbonyl (C=O) groups is 1. The van der Waals surface area contributed by atoms with Crippen LogP contribution in [0, 0.1) is 18.3 Å². The highest BCUT2D eigenvalue weighted by Gasteiger charge is 2.17. The number of aromatic nitrogens is 1. The second-order valence-electron chi connectivity index (χ2n) is 7.92. The van der Waals surface area contributed by atoms with Gasteiger partial charge in [-0.15, -0.1) is 0 Å². The maximum atomic E-state index is 12.9. The van der Waals surface area contributed by atoms with Gasteiger partial charge in [-0.05, 0) is 68.0 Å². The number of hydrogen-bond donors (Lipinski definition) is 1. The van der Waals surface area contributed by atoms with Gasteiger partial charge < -0.3 is 14.6 Å². The highest BCUT2D eigenvalue weighted by Crippen LogP contribution is 2.31. The molecule has 0 aliphatic carbocycles. The number of anilines is 1. The second-order valence-corrected chi connectivity index (χ2v) is 8.76. The topological polar surface area (TPSA) is 67.0 Å². The summed E-state index contributed by atoms with van der Waals surface area (Å²) in [6.07, 6.45) is 1.64. The minimum absolute atomic E-state index is 0.00872. The fraction of sp³-hybridized carbons (Fsp3) is 0.143. The number of nitrogens with zero attached hydrogens (tertiary/aromatic N) is 2. The van der Waals surface area contributed by atoms with Gasteiger partial charge in [0, 0.05) is 44.4 Å². The predicted molar refractivity (Wildman–Crippen MR) is 142 cm³/mol. The van der Waals surface area contributed by atoms with Crippen LogP contribution in [0.15, 0.2) is 72.3 Å². The van der Waals surface area contributed by atoms with Gasteiger partial charge in [-0.1, -0.05) is 47.5 Å². The molecule has 0 aliphatic heterocycles. The number of nitriles is 1. The molecule has 0 fully saturated rings. The van der Waals surface area contributed by atoms with Gasteiger partial charge in [-0.3, -0.25) is 4.79 Å². The Hall–Kier alpha value is -3.72. The Labute approximate surface area is 214 Å². The van der Waals surface area contributed by atoms with Gasteiger partial charge in [-0.25, -0.2) is 0 Å². The molecule has 0 aliphatic rings. The lowest BCUT2D eigenvalue weighted by Crippen LogP contribution is -2.13. The summed E-state index contributed by atoms with van der Waals surface area (Å²) in [5.41, 5.74) is 4.21. The normalized spacial score (nSPS) is 11.3. The molecule has 1 heterocycles. The van der Waals surface area contributed by atoms with Crippen molar-refractivity contribution in [3.05, 3.63) is 99.2 Å². The van der Waals surface area contributed by atoms with Crippen molar-refractivity contribution < 1.29 is 9.53 Å². The molecule has 0 radical (unpaired) electrons. The van der Waals surface area contributed by atoms with E-state index in [1.807, 2.05) is 56.3 Å². The number of carbonyl (C=O) groups excluding carboxylic acids is 1. The Bertz CT molecular complexity index is 1460. The zero-order chi connectivity index (χ0) is 24.9. The lowest BCUT2D eigenvalue weighted by molar-refractivity contribution is -0.112. The molecule has 1 N–H and O–H groups in total. The van der Waals surface area contributed by atoms with Crippen molar-refractivity contribution in [2.75, 3.05) is 11.9 Å². The van der Waals surface area contributed by atoms with Gasteiger partial charge in [0.05, 0.1) is 6.61 Å².